The van der Waals surface area contributed by atoms with Gasteiger partial charge in [0.15, 0.2) is 4.87 Å². The number of aromatic amines is 1. The zero-order chi connectivity index (χ0) is 31.7. The Hall–Kier alpha value is -4.13. The number of hydrogen-bond donors (Lipinski definition) is 6. The number of likely N-dealkylation sites (tertiary alicyclic amines) is 1. The van der Waals surface area contributed by atoms with Crippen molar-refractivity contribution in [3.8, 4) is 0 Å². The Bertz CT molecular complexity index is 1330. The second-order valence-corrected chi connectivity index (χ2v) is 12.1. The predicted octanol–water partition coefficient (Wildman–Crippen LogP) is 2.11. The van der Waals surface area contributed by atoms with Crippen molar-refractivity contribution in [1.82, 2.24) is 30.8 Å². The number of carbonyl (C=O) groups excluding carboxylic acids is 4. The fourth-order valence-corrected chi connectivity index (χ4v) is 5.18. The van der Waals surface area contributed by atoms with E-state index in [0.29, 0.717) is 24.2 Å². The zero-order valence-electron chi connectivity index (χ0n) is 24.8. The van der Waals surface area contributed by atoms with E-state index in [4.69, 9.17) is 0 Å². The summed E-state index contributed by atoms with van der Waals surface area (Å²) in [7, 11) is 0. The molecule has 1 fully saturated rings. The van der Waals surface area contributed by atoms with Crippen LogP contribution in [0, 0.1) is 11.8 Å². The third-order valence-corrected chi connectivity index (χ3v) is 7.67. The molecule has 232 valence electrons. The van der Waals surface area contributed by atoms with E-state index >= 15 is 0 Å². The molecule has 43 heavy (non-hydrogen) atoms. The molecule has 2 aromatic rings. The number of imidazole rings is 1. The molecule has 3 rings (SSSR count). The van der Waals surface area contributed by atoms with Crippen LogP contribution in [0.4, 0.5) is 0 Å². The molecule has 1 aromatic heterocycles. The molecular weight excluding hydrogens is 572 g/mol. The molecule has 1 saturated heterocycles. The Morgan fingerprint density at radius 2 is 1.79 bits per heavy atom. The second-order valence-electron chi connectivity index (χ2n) is 11.3. The van der Waals surface area contributed by atoms with Crippen LogP contribution in [0.15, 0.2) is 48.6 Å². The van der Waals surface area contributed by atoms with Gasteiger partial charge in [0, 0.05) is 30.8 Å². The average molecular weight is 613 g/mol. The molecule has 13 heteroatoms. The van der Waals surface area contributed by atoms with Crippen LogP contribution >= 0.6 is 12.6 Å². The first-order chi connectivity index (χ1) is 20.3. The van der Waals surface area contributed by atoms with E-state index in [-0.39, 0.29) is 42.7 Å². The molecule has 5 N–H and O–H groups in total. The number of rotatable bonds is 13. The number of carbonyl (C=O) groups is 5. The van der Waals surface area contributed by atoms with Gasteiger partial charge >= 0.3 is 5.97 Å². The lowest BCUT2D eigenvalue weighted by Gasteiger charge is -2.34. The molecular formula is C30H40N6O6S. The van der Waals surface area contributed by atoms with E-state index in [1.54, 1.807) is 44.2 Å². The largest absolute Gasteiger partial charge is 0.480 e. The van der Waals surface area contributed by atoms with Crippen LogP contribution in [-0.2, 0) is 30.4 Å². The number of benzene rings is 1. The summed E-state index contributed by atoms with van der Waals surface area (Å²) in [5.41, 5.74) is 0.949. The summed E-state index contributed by atoms with van der Waals surface area (Å²) in [5, 5.41) is 17.5. The van der Waals surface area contributed by atoms with Crippen LogP contribution in [0.2, 0.25) is 0 Å². The topological polar surface area (TPSA) is 174 Å². The quantitative estimate of drug-likeness (QED) is 0.148. The Labute approximate surface area is 256 Å². The van der Waals surface area contributed by atoms with Gasteiger partial charge in [-0.2, -0.15) is 0 Å². The molecule has 1 aromatic carbocycles. The number of hydrogen-bond acceptors (Lipinski definition) is 7. The van der Waals surface area contributed by atoms with Crippen LogP contribution in [0.5, 0.6) is 0 Å². The number of amides is 4. The highest BCUT2D eigenvalue weighted by Gasteiger charge is 2.47. The van der Waals surface area contributed by atoms with Crippen LogP contribution in [0.3, 0.4) is 0 Å². The lowest BCUT2D eigenvalue weighted by Crippen LogP contribution is -2.56. The van der Waals surface area contributed by atoms with Gasteiger partial charge in [0.1, 0.15) is 17.8 Å². The number of carboxylic acids is 1. The summed E-state index contributed by atoms with van der Waals surface area (Å²) in [6.45, 7) is 7.50. The summed E-state index contributed by atoms with van der Waals surface area (Å²) in [6, 6.07) is 6.41. The molecule has 12 nitrogen and oxygen atoms in total. The number of nitrogens with one attached hydrogen (secondary N) is 4. The third kappa shape index (κ3) is 8.93. The summed E-state index contributed by atoms with van der Waals surface area (Å²) in [5.74, 6) is -3.94. The highest BCUT2D eigenvalue weighted by molar-refractivity contribution is 7.82. The normalized spacial score (nSPS) is 18.3. The molecule has 1 aliphatic rings. The van der Waals surface area contributed by atoms with E-state index < -0.39 is 40.6 Å². The van der Waals surface area contributed by atoms with Gasteiger partial charge in [-0.3, -0.25) is 19.2 Å². The Morgan fingerprint density at radius 1 is 1.09 bits per heavy atom. The molecule has 0 radical (unpaired) electrons. The number of aliphatic carboxylic acids is 1. The lowest BCUT2D eigenvalue weighted by atomic mass is 10.0. The molecule has 2 heterocycles. The molecule has 3 atom stereocenters. The maximum Gasteiger partial charge on any atom is 0.326 e. The van der Waals surface area contributed by atoms with Gasteiger partial charge in [-0.25, -0.2) is 9.78 Å². The Morgan fingerprint density at radius 3 is 2.37 bits per heavy atom. The molecule has 0 bridgehead atoms. The third-order valence-electron chi connectivity index (χ3n) is 7.00. The highest BCUT2D eigenvalue weighted by atomic mass is 32.1. The fourth-order valence-electron chi connectivity index (χ4n) is 4.77. The van der Waals surface area contributed by atoms with Crippen molar-refractivity contribution in [2.24, 2.45) is 11.8 Å². The molecule has 0 unspecified atom stereocenters. The van der Waals surface area contributed by atoms with Crippen molar-refractivity contribution in [3.05, 3.63) is 59.8 Å². The summed E-state index contributed by atoms with van der Waals surface area (Å²) < 4.78 is 0. The summed E-state index contributed by atoms with van der Waals surface area (Å²) in [4.78, 5) is 72.2. The minimum atomic E-state index is -1.48. The minimum Gasteiger partial charge on any atom is -0.480 e. The first-order valence-electron chi connectivity index (χ1n) is 14.2. The molecule has 0 spiro atoms. The number of H-pyrrole nitrogens is 1. The maximum absolute atomic E-state index is 13.7. The summed E-state index contributed by atoms with van der Waals surface area (Å²) in [6.07, 6.45) is 5.39. The van der Waals surface area contributed by atoms with E-state index in [9.17, 15) is 29.1 Å². The predicted molar refractivity (Wildman–Crippen MR) is 163 cm³/mol. The molecule has 0 saturated carbocycles. The van der Waals surface area contributed by atoms with Crippen molar-refractivity contribution < 1.29 is 29.1 Å². The smallest absolute Gasteiger partial charge is 0.326 e. The molecule has 1 aliphatic heterocycles. The molecule has 0 aliphatic carbocycles. The summed E-state index contributed by atoms with van der Waals surface area (Å²) >= 11 is 4.62. The van der Waals surface area contributed by atoms with E-state index in [2.05, 4.69) is 38.5 Å². The van der Waals surface area contributed by atoms with Crippen molar-refractivity contribution in [1.29, 1.82) is 0 Å². The van der Waals surface area contributed by atoms with Gasteiger partial charge in [-0.1, -0.05) is 58.0 Å². The van der Waals surface area contributed by atoms with Gasteiger partial charge in [0.2, 0.25) is 11.8 Å². The van der Waals surface area contributed by atoms with Crippen LogP contribution in [0.1, 0.15) is 58.2 Å². The standard InChI is InChI=1S/C30H40N6O6S/c1-18(2)13-24(28(40)41)34-26(38)23(15-21-16-31-17-32-21)33-25(37)22(14-20-9-6-5-7-10-20)35-29(42)30(43)11-8-12-36(30)27(39)19(3)4/h5-7,9-10,14,16-19,23-24,43H,8,11-13,15H2,1-4H3,(H,31,32)(H,33,37)(H,34,38)(H,35,42)(H,40,41)/t23-,24-,30+/m0/s1. The first-order valence-corrected chi connectivity index (χ1v) is 14.7. The lowest BCUT2D eigenvalue weighted by molar-refractivity contribution is -0.142. The van der Waals surface area contributed by atoms with E-state index in [1.807, 2.05) is 13.8 Å². The molecule has 4 amide bonds. The number of nitrogens with zero attached hydrogens (tertiary/aromatic N) is 2. The average Bonchev–Trinajstić information content (AvgIpc) is 3.61. The number of carboxylic acid groups (broad SMARTS) is 1. The maximum atomic E-state index is 13.7. The number of thiol groups is 1. The van der Waals surface area contributed by atoms with Crippen molar-refractivity contribution in [2.75, 3.05) is 6.54 Å². The Balaban J connectivity index is 1.91. The van der Waals surface area contributed by atoms with Gasteiger partial charge in [-0.05, 0) is 36.8 Å². The highest BCUT2D eigenvalue weighted by Crippen LogP contribution is 2.34. The van der Waals surface area contributed by atoms with Crippen molar-refractivity contribution in [2.45, 2.75) is 70.3 Å². The van der Waals surface area contributed by atoms with E-state index in [0.717, 1.165) is 0 Å². The van der Waals surface area contributed by atoms with Gasteiger partial charge < -0.3 is 30.9 Å². The Kier molecular flexibility index (Phi) is 11.5. The zero-order valence-corrected chi connectivity index (χ0v) is 25.7. The van der Waals surface area contributed by atoms with Gasteiger partial charge in [-0.15, -0.1) is 12.6 Å². The van der Waals surface area contributed by atoms with Crippen molar-refractivity contribution >= 4 is 48.3 Å². The van der Waals surface area contributed by atoms with Crippen LogP contribution < -0.4 is 16.0 Å². The van der Waals surface area contributed by atoms with Gasteiger partial charge in [0.05, 0.1) is 6.33 Å². The fraction of sp³-hybridized carbons (Fsp3) is 0.467. The van der Waals surface area contributed by atoms with Crippen LogP contribution in [0.25, 0.3) is 6.08 Å². The SMILES string of the molecule is CC(C)C[C@H](NC(=O)[C@H](Cc1cnc[nH]1)NC(=O)C(=Cc1ccccc1)NC(=O)[C@]1(S)CCCN1C(=O)C(C)C)C(=O)O. The second kappa shape index (κ2) is 14.9. The first kappa shape index (κ1) is 33.4. The minimum absolute atomic E-state index is 0.0102. The monoisotopic (exact) mass is 612 g/mol. The van der Waals surface area contributed by atoms with Crippen LogP contribution in [-0.4, -0.2) is 73.1 Å². The van der Waals surface area contributed by atoms with Crippen molar-refractivity contribution in [3.63, 3.8) is 0 Å². The van der Waals surface area contributed by atoms with Gasteiger partial charge in [0.25, 0.3) is 11.8 Å². The van der Waals surface area contributed by atoms with E-state index in [1.165, 1.54) is 23.5 Å². The number of aromatic nitrogens is 2.